The molecule has 1 N–H and O–H groups in total. The summed E-state index contributed by atoms with van der Waals surface area (Å²) in [4.78, 5) is 23.3. The predicted molar refractivity (Wildman–Crippen MR) is 160 cm³/mol. The van der Waals surface area contributed by atoms with Crippen LogP contribution in [-0.4, -0.2) is 61.2 Å². The standard InChI is InChI=1S/C28H32Cl2N4O4.C2H6/c1-18-24(36-2)10-21(11-25(18)37-3)22-13-32-28(33-14-22)38-17-26(35)31-12-19-6-5-9-34(15-19)16-20-7-4-8-23(29)27(20)30;1-2/h4,7-8,10-11,13-14,19H,5-6,9,12,15-17H2,1-3H3,(H,31,35);1-2H3. The van der Waals surface area contributed by atoms with Gasteiger partial charge in [-0.3, -0.25) is 9.69 Å². The minimum Gasteiger partial charge on any atom is -0.496 e. The van der Waals surface area contributed by atoms with Crippen LogP contribution in [0.15, 0.2) is 42.7 Å². The van der Waals surface area contributed by atoms with Crippen molar-refractivity contribution in [1.82, 2.24) is 20.2 Å². The van der Waals surface area contributed by atoms with Crippen LogP contribution in [0.2, 0.25) is 10.0 Å². The molecule has 1 amide bonds. The van der Waals surface area contributed by atoms with Gasteiger partial charge in [-0.2, -0.15) is 0 Å². The summed E-state index contributed by atoms with van der Waals surface area (Å²) in [5.74, 6) is 1.57. The zero-order valence-electron chi connectivity index (χ0n) is 23.8. The number of aromatic nitrogens is 2. The number of nitrogens with zero attached hydrogens (tertiary/aromatic N) is 3. The number of piperidine rings is 1. The van der Waals surface area contributed by atoms with Crippen LogP contribution in [0.1, 0.15) is 37.8 Å². The molecule has 4 rings (SSSR count). The first-order valence-electron chi connectivity index (χ1n) is 13.5. The summed E-state index contributed by atoms with van der Waals surface area (Å²) in [5.41, 5.74) is 3.56. The summed E-state index contributed by atoms with van der Waals surface area (Å²) in [6, 6.07) is 9.65. The smallest absolute Gasteiger partial charge is 0.316 e. The molecule has 10 heteroatoms. The van der Waals surface area contributed by atoms with Gasteiger partial charge in [0.25, 0.3) is 5.91 Å². The van der Waals surface area contributed by atoms with Gasteiger partial charge in [0.15, 0.2) is 6.61 Å². The number of likely N-dealkylation sites (tertiary alicyclic amines) is 1. The van der Waals surface area contributed by atoms with E-state index in [1.807, 2.05) is 45.0 Å². The highest BCUT2D eigenvalue weighted by Gasteiger charge is 2.21. The molecule has 0 bridgehead atoms. The molecular formula is C30H38Cl2N4O4. The molecule has 1 aromatic heterocycles. The Morgan fingerprint density at radius 2 is 1.75 bits per heavy atom. The van der Waals surface area contributed by atoms with E-state index < -0.39 is 0 Å². The second kappa shape index (κ2) is 15.6. The topological polar surface area (TPSA) is 85.8 Å². The van der Waals surface area contributed by atoms with Crippen molar-refractivity contribution in [2.24, 2.45) is 5.92 Å². The van der Waals surface area contributed by atoms with Gasteiger partial charge in [0.1, 0.15) is 11.5 Å². The van der Waals surface area contributed by atoms with Gasteiger partial charge in [0, 0.05) is 43.2 Å². The van der Waals surface area contributed by atoms with E-state index in [1.165, 1.54) is 0 Å². The Labute approximate surface area is 247 Å². The van der Waals surface area contributed by atoms with Gasteiger partial charge < -0.3 is 19.5 Å². The highest BCUT2D eigenvalue weighted by molar-refractivity contribution is 6.42. The minimum absolute atomic E-state index is 0.136. The molecule has 2 heterocycles. The number of nitrogens with one attached hydrogen (secondary N) is 1. The fourth-order valence-corrected chi connectivity index (χ4v) is 4.98. The largest absolute Gasteiger partial charge is 0.496 e. The molecule has 3 aromatic rings. The summed E-state index contributed by atoms with van der Waals surface area (Å²) >= 11 is 12.5. The summed E-state index contributed by atoms with van der Waals surface area (Å²) in [5, 5.41) is 4.15. The molecule has 1 aliphatic rings. The second-order valence-corrected chi connectivity index (χ2v) is 10.1. The molecule has 1 aliphatic heterocycles. The van der Waals surface area contributed by atoms with Crippen LogP contribution in [0, 0.1) is 12.8 Å². The molecule has 216 valence electrons. The van der Waals surface area contributed by atoms with E-state index in [-0.39, 0.29) is 18.5 Å². The minimum atomic E-state index is -0.208. The Morgan fingerprint density at radius 1 is 1.07 bits per heavy atom. The average Bonchev–Trinajstić information content (AvgIpc) is 2.99. The third-order valence-electron chi connectivity index (χ3n) is 6.66. The number of hydrogen-bond acceptors (Lipinski definition) is 7. The summed E-state index contributed by atoms with van der Waals surface area (Å²) < 4.78 is 16.4. The normalized spacial score (nSPS) is 15.0. The van der Waals surface area contributed by atoms with Crippen molar-refractivity contribution in [1.29, 1.82) is 0 Å². The van der Waals surface area contributed by atoms with Crippen molar-refractivity contribution < 1.29 is 19.0 Å². The Bertz CT molecular complexity index is 1230. The van der Waals surface area contributed by atoms with Crippen LogP contribution in [0.3, 0.4) is 0 Å². The van der Waals surface area contributed by atoms with E-state index in [1.54, 1.807) is 32.7 Å². The van der Waals surface area contributed by atoms with Gasteiger partial charge in [0.05, 0.1) is 24.3 Å². The lowest BCUT2D eigenvalue weighted by Gasteiger charge is -2.33. The van der Waals surface area contributed by atoms with Crippen LogP contribution < -0.4 is 19.5 Å². The van der Waals surface area contributed by atoms with Gasteiger partial charge >= 0.3 is 6.01 Å². The predicted octanol–water partition coefficient (Wildman–Crippen LogP) is 6.21. The average molecular weight is 590 g/mol. The number of halogens is 2. The number of benzene rings is 2. The van der Waals surface area contributed by atoms with E-state index in [2.05, 4.69) is 20.2 Å². The van der Waals surface area contributed by atoms with Crippen LogP contribution in [0.25, 0.3) is 11.1 Å². The highest BCUT2D eigenvalue weighted by atomic mass is 35.5. The molecule has 0 aliphatic carbocycles. The maximum atomic E-state index is 12.4. The molecule has 8 nitrogen and oxygen atoms in total. The summed E-state index contributed by atoms with van der Waals surface area (Å²) in [7, 11) is 3.23. The van der Waals surface area contributed by atoms with Gasteiger partial charge in [0.2, 0.25) is 0 Å². The molecule has 2 aromatic carbocycles. The summed E-state index contributed by atoms with van der Waals surface area (Å²) in [6.07, 6.45) is 5.41. The molecule has 1 atom stereocenters. The van der Waals surface area contributed by atoms with Crippen LogP contribution in [0.5, 0.6) is 17.5 Å². The molecule has 1 saturated heterocycles. The first-order chi connectivity index (χ1) is 19.4. The molecule has 40 heavy (non-hydrogen) atoms. The van der Waals surface area contributed by atoms with Crippen molar-refractivity contribution in [2.75, 3.05) is 40.5 Å². The third kappa shape index (κ3) is 8.46. The molecular weight excluding hydrogens is 551 g/mol. The van der Waals surface area contributed by atoms with Crippen molar-refractivity contribution in [2.45, 2.75) is 40.2 Å². The van der Waals surface area contributed by atoms with Gasteiger partial charge in [-0.15, -0.1) is 0 Å². The Balaban J connectivity index is 0.00000216. The fraction of sp³-hybridized carbons (Fsp3) is 0.433. The fourth-order valence-electron chi connectivity index (χ4n) is 4.60. The number of carbonyl (C=O) groups excluding carboxylic acids is 1. The monoisotopic (exact) mass is 588 g/mol. The van der Waals surface area contributed by atoms with E-state index >= 15 is 0 Å². The van der Waals surface area contributed by atoms with E-state index in [0.29, 0.717) is 34.0 Å². The lowest BCUT2D eigenvalue weighted by molar-refractivity contribution is -0.123. The van der Waals surface area contributed by atoms with Gasteiger partial charge in [-0.05, 0) is 61.6 Å². The lowest BCUT2D eigenvalue weighted by atomic mass is 9.97. The van der Waals surface area contributed by atoms with Crippen molar-refractivity contribution in [3.8, 4) is 28.6 Å². The Morgan fingerprint density at radius 3 is 2.40 bits per heavy atom. The second-order valence-electron chi connectivity index (χ2n) is 9.31. The van der Waals surface area contributed by atoms with Crippen molar-refractivity contribution in [3.63, 3.8) is 0 Å². The first-order valence-corrected chi connectivity index (χ1v) is 14.2. The SMILES string of the molecule is CC.COc1cc(-c2cnc(OCC(=O)NCC3CCCN(Cc4cccc(Cl)c4Cl)C3)nc2)cc(OC)c1C. The number of rotatable bonds is 10. The molecule has 0 saturated carbocycles. The number of carbonyl (C=O) groups is 1. The molecule has 0 radical (unpaired) electrons. The number of methoxy groups -OCH3 is 2. The first kappa shape index (κ1) is 31.5. The summed E-state index contributed by atoms with van der Waals surface area (Å²) in [6.45, 7) is 8.97. The quantitative estimate of drug-likeness (QED) is 0.301. The van der Waals surface area contributed by atoms with Gasteiger partial charge in [-0.25, -0.2) is 9.97 Å². The van der Waals surface area contributed by atoms with Crippen LogP contribution >= 0.6 is 23.2 Å². The number of ether oxygens (including phenoxy) is 3. The van der Waals surface area contributed by atoms with E-state index in [0.717, 1.165) is 54.7 Å². The van der Waals surface area contributed by atoms with E-state index in [9.17, 15) is 4.79 Å². The Hall–Kier alpha value is -3.07. The maximum absolute atomic E-state index is 12.4. The van der Waals surface area contributed by atoms with Crippen LogP contribution in [-0.2, 0) is 11.3 Å². The van der Waals surface area contributed by atoms with E-state index in [4.69, 9.17) is 37.4 Å². The van der Waals surface area contributed by atoms with Crippen molar-refractivity contribution in [3.05, 3.63) is 63.9 Å². The van der Waals surface area contributed by atoms with Gasteiger partial charge in [-0.1, -0.05) is 49.2 Å². The zero-order valence-corrected chi connectivity index (χ0v) is 25.3. The Kier molecular flexibility index (Phi) is 12.3. The molecule has 1 fully saturated rings. The zero-order chi connectivity index (χ0) is 29.1. The third-order valence-corrected chi connectivity index (χ3v) is 7.52. The number of amides is 1. The lowest BCUT2D eigenvalue weighted by Crippen LogP contribution is -2.41. The van der Waals surface area contributed by atoms with Crippen molar-refractivity contribution >= 4 is 29.1 Å². The number of hydrogen-bond donors (Lipinski definition) is 1. The maximum Gasteiger partial charge on any atom is 0.316 e. The highest BCUT2D eigenvalue weighted by Crippen LogP contribution is 2.34. The molecule has 1 unspecified atom stereocenters. The molecule has 0 spiro atoms. The van der Waals surface area contributed by atoms with Crippen LogP contribution in [0.4, 0.5) is 0 Å².